The third-order valence-electron chi connectivity index (χ3n) is 2.98. The third kappa shape index (κ3) is 1.71. The third-order valence-corrected chi connectivity index (χ3v) is 2.98. The van der Waals surface area contributed by atoms with E-state index in [9.17, 15) is 0 Å². The van der Waals surface area contributed by atoms with Gasteiger partial charge in [-0.25, -0.2) is 14.3 Å². The maximum Gasteiger partial charge on any atom is 0.168 e. The summed E-state index contributed by atoms with van der Waals surface area (Å²) in [6, 6.07) is 11.5. The Bertz CT molecular complexity index is 867. The number of fused-ring (bicyclic) bond motifs is 1. The Hall–Kier alpha value is -3.14. The van der Waals surface area contributed by atoms with Gasteiger partial charge in [0, 0.05) is 0 Å². The Morgan fingerprint density at radius 1 is 1.30 bits per heavy atom. The van der Waals surface area contributed by atoms with E-state index in [1.807, 2.05) is 30.3 Å². The second-order valence-corrected chi connectivity index (χ2v) is 4.23. The molecule has 98 valence electrons. The first kappa shape index (κ1) is 11.9. The maximum atomic E-state index is 8.90. The number of nitrogens with one attached hydrogen (secondary N) is 1. The molecular weight excluding hydrogens is 254 g/mol. The van der Waals surface area contributed by atoms with Crippen molar-refractivity contribution in [2.24, 2.45) is 0 Å². The van der Waals surface area contributed by atoms with Crippen LogP contribution in [0.25, 0.3) is 16.7 Å². The number of benzene rings is 1. The van der Waals surface area contributed by atoms with Gasteiger partial charge in [0.2, 0.25) is 0 Å². The molecule has 0 aliphatic heterocycles. The second kappa shape index (κ2) is 4.51. The summed E-state index contributed by atoms with van der Waals surface area (Å²) in [5.74, 6) is 5.65. The summed E-state index contributed by atoms with van der Waals surface area (Å²) in [7, 11) is 0. The Morgan fingerprint density at radius 3 is 2.75 bits per heavy atom. The first-order valence-electron chi connectivity index (χ1n) is 5.93. The molecule has 3 N–H and O–H groups in total. The molecule has 0 bridgehead atoms. The van der Waals surface area contributed by atoms with Gasteiger partial charge in [-0.2, -0.15) is 10.4 Å². The van der Waals surface area contributed by atoms with E-state index in [4.69, 9.17) is 16.5 Å². The zero-order valence-electron chi connectivity index (χ0n) is 10.5. The first-order valence-corrected chi connectivity index (χ1v) is 5.93. The standard InChI is InChI=1S/C13H11N7/c14-7-6-10-11-12(15)19(16)8-17-13(11)20(18-10)9-4-2-1-3-5-9/h1-5,8,15H,6,16H2. The molecule has 2 aromatic heterocycles. The van der Waals surface area contributed by atoms with E-state index in [1.165, 1.54) is 6.33 Å². The van der Waals surface area contributed by atoms with Gasteiger partial charge in [-0.05, 0) is 12.1 Å². The van der Waals surface area contributed by atoms with Crippen LogP contribution in [0, 0.1) is 16.7 Å². The van der Waals surface area contributed by atoms with Crippen molar-refractivity contribution in [2.75, 3.05) is 5.84 Å². The van der Waals surface area contributed by atoms with Crippen LogP contribution in [0.4, 0.5) is 0 Å². The summed E-state index contributed by atoms with van der Waals surface area (Å²) in [4.78, 5) is 4.23. The van der Waals surface area contributed by atoms with Gasteiger partial charge in [-0.3, -0.25) is 5.41 Å². The molecule has 0 amide bonds. The molecule has 0 spiro atoms. The van der Waals surface area contributed by atoms with Crippen molar-refractivity contribution in [2.45, 2.75) is 6.42 Å². The average Bonchev–Trinajstić information content (AvgIpc) is 2.84. The SMILES string of the molecule is N#CCc1nn(-c2ccccc2)c2ncn(N)c(=N)c12. The maximum absolute atomic E-state index is 8.90. The molecule has 0 aliphatic carbocycles. The molecule has 20 heavy (non-hydrogen) atoms. The lowest BCUT2D eigenvalue weighted by Crippen LogP contribution is -2.27. The fraction of sp³-hybridized carbons (Fsp3) is 0.0769. The monoisotopic (exact) mass is 265 g/mol. The van der Waals surface area contributed by atoms with Crippen molar-refractivity contribution < 1.29 is 0 Å². The highest BCUT2D eigenvalue weighted by Crippen LogP contribution is 2.17. The van der Waals surface area contributed by atoms with E-state index in [0.29, 0.717) is 16.7 Å². The van der Waals surface area contributed by atoms with Gasteiger partial charge in [-0.1, -0.05) is 18.2 Å². The molecule has 2 heterocycles. The Kier molecular flexibility index (Phi) is 2.69. The normalized spacial score (nSPS) is 10.6. The lowest BCUT2D eigenvalue weighted by molar-refractivity contribution is 0.847. The molecule has 0 unspecified atom stereocenters. The van der Waals surface area contributed by atoms with Crippen LogP contribution in [-0.2, 0) is 6.42 Å². The molecule has 0 saturated heterocycles. The van der Waals surface area contributed by atoms with Crippen LogP contribution in [0.1, 0.15) is 5.69 Å². The molecule has 0 saturated carbocycles. The summed E-state index contributed by atoms with van der Waals surface area (Å²) in [5.41, 5.74) is 1.93. The number of hydrogen-bond acceptors (Lipinski definition) is 5. The largest absolute Gasteiger partial charge is 0.336 e. The van der Waals surface area contributed by atoms with Crippen LogP contribution in [0.2, 0.25) is 0 Å². The fourth-order valence-electron chi connectivity index (χ4n) is 2.07. The Balaban J connectivity index is 2.39. The number of rotatable bonds is 2. The van der Waals surface area contributed by atoms with Gasteiger partial charge in [0.1, 0.15) is 6.33 Å². The quantitative estimate of drug-likeness (QED) is 0.657. The van der Waals surface area contributed by atoms with Crippen molar-refractivity contribution >= 4 is 11.0 Å². The van der Waals surface area contributed by atoms with Crippen LogP contribution < -0.4 is 11.3 Å². The summed E-state index contributed by atoms with van der Waals surface area (Å²) in [6.07, 6.45) is 1.47. The minimum atomic E-state index is 0.0856. The van der Waals surface area contributed by atoms with Gasteiger partial charge >= 0.3 is 0 Å². The number of nitrogens with two attached hydrogens (primary N) is 1. The van der Waals surface area contributed by atoms with Crippen LogP contribution in [-0.4, -0.2) is 19.4 Å². The smallest absolute Gasteiger partial charge is 0.168 e. The molecule has 0 aliphatic rings. The number of aromatic nitrogens is 4. The summed E-state index contributed by atoms with van der Waals surface area (Å²) >= 11 is 0. The summed E-state index contributed by atoms with van der Waals surface area (Å²) < 4.78 is 2.74. The van der Waals surface area contributed by atoms with Crippen molar-refractivity contribution in [3.8, 4) is 11.8 Å². The number of nitrogens with zero attached hydrogens (tertiary/aromatic N) is 5. The van der Waals surface area contributed by atoms with E-state index in [2.05, 4.69) is 16.2 Å². The highest BCUT2D eigenvalue weighted by Gasteiger charge is 2.15. The minimum absolute atomic E-state index is 0.0856. The van der Waals surface area contributed by atoms with Crippen molar-refractivity contribution in [3.63, 3.8) is 0 Å². The van der Waals surface area contributed by atoms with Gasteiger partial charge in [0.25, 0.3) is 0 Å². The molecule has 0 fully saturated rings. The topological polar surface area (TPSA) is 109 Å². The van der Waals surface area contributed by atoms with Crippen LogP contribution in [0.3, 0.4) is 0 Å². The number of hydrogen-bond donors (Lipinski definition) is 2. The molecular formula is C13H11N7. The second-order valence-electron chi connectivity index (χ2n) is 4.23. The Morgan fingerprint density at radius 2 is 2.05 bits per heavy atom. The number of para-hydroxylation sites is 1. The molecule has 0 atom stereocenters. The van der Waals surface area contributed by atoms with Gasteiger partial charge < -0.3 is 5.84 Å². The molecule has 3 aromatic rings. The van der Waals surface area contributed by atoms with Crippen molar-refractivity contribution in [3.05, 3.63) is 47.8 Å². The minimum Gasteiger partial charge on any atom is -0.336 e. The molecule has 0 radical (unpaired) electrons. The van der Waals surface area contributed by atoms with Crippen LogP contribution >= 0.6 is 0 Å². The predicted molar refractivity (Wildman–Crippen MR) is 72.2 cm³/mol. The highest BCUT2D eigenvalue weighted by atomic mass is 15.3. The van der Waals surface area contributed by atoms with E-state index >= 15 is 0 Å². The molecule has 3 rings (SSSR count). The van der Waals surface area contributed by atoms with E-state index in [1.54, 1.807) is 4.68 Å². The summed E-state index contributed by atoms with van der Waals surface area (Å²) in [5, 5.41) is 21.8. The van der Waals surface area contributed by atoms with Crippen molar-refractivity contribution in [1.29, 1.82) is 10.7 Å². The predicted octanol–water partition coefficient (Wildman–Crippen LogP) is 0.481. The molecule has 7 heteroatoms. The van der Waals surface area contributed by atoms with Crippen LogP contribution in [0.5, 0.6) is 0 Å². The Labute approximate surface area is 114 Å². The zero-order chi connectivity index (χ0) is 14.1. The fourth-order valence-corrected chi connectivity index (χ4v) is 2.07. The van der Waals surface area contributed by atoms with Gasteiger partial charge in [-0.15, -0.1) is 0 Å². The first-order chi connectivity index (χ1) is 9.72. The molecule has 7 nitrogen and oxygen atoms in total. The van der Waals surface area contributed by atoms with E-state index < -0.39 is 0 Å². The number of nitrogen functional groups attached to an aromatic ring is 1. The number of nitriles is 1. The average molecular weight is 265 g/mol. The van der Waals surface area contributed by atoms with E-state index in [-0.39, 0.29) is 11.9 Å². The van der Waals surface area contributed by atoms with Crippen molar-refractivity contribution in [1.82, 2.24) is 19.4 Å². The van der Waals surface area contributed by atoms with Gasteiger partial charge in [0.05, 0.1) is 29.3 Å². The van der Waals surface area contributed by atoms with Crippen LogP contribution in [0.15, 0.2) is 36.7 Å². The van der Waals surface area contributed by atoms with Gasteiger partial charge in [0.15, 0.2) is 11.1 Å². The van der Waals surface area contributed by atoms with E-state index in [0.717, 1.165) is 10.4 Å². The zero-order valence-corrected chi connectivity index (χ0v) is 10.5. The lowest BCUT2D eigenvalue weighted by Gasteiger charge is -2.02. The highest BCUT2D eigenvalue weighted by molar-refractivity contribution is 5.78. The molecule has 1 aromatic carbocycles. The summed E-state index contributed by atoms with van der Waals surface area (Å²) in [6.45, 7) is 0. The lowest BCUT2D eigenvalue weighted by atomic mass is 10.2.